The number of H-pyrrole nitrogens is 1. The van der Waals surface area contributed by atoms with Crippen molar-refractivity contribution in [3.63, 3.8) is 0 Å². The zero-order valence-electron chi connectivity index (χ0n) is 20.8. The van der Waals surface area contributed by atoms with Crippen LogP contribution in [-0.2, 0) is 12.7 Å². The maximum atomic E-state index is 13.5. The van der Waals surface area contributed by atoms with E-state index in [4.69, 9.17) is 10.5 Å². The average Bonchev–Trinajstić information content (AvgIpc) is 3.32. The number of aromatic nitrogens is 4. The standard InChI is InChI=1S/C27H21F4N7O2/c1-40-22-10-18(28)6-7-21(22)36-26(39)20-9-17(27(29,30)31)13-35-24(20)33-11-14-2-4-15(5-3-14)16-8-19-23(32)37-38-25(19)34-12-16/h2-10,12-13H,11H2,1H3,(H,33,35)(H,36,39)(H3,32,34,37,38). The molecule has 0 radical (unpaired) electrons. The third kappa shape index (κ3) is 5.48. The van der Waals surface area contributed by atoms with E-state index in [9.17, 15) is 22.4 Å². The van der Waals surface area contributed by atoms with E-state index >= 15 is 0 Å². The van der Waals surface area contributed by atoms with Crippen molar-refractivity contribution in [1.29, 1.82) is 0 Å². The molecule has 0 bridgehead atoms. The summed E-state index contributed by atoms with van der Waals surface area (Å²) < 4.78 is 58.8. The normalized spacial score (nSPS) is 11.4. The maximum absolute atomic E-state index is 13.5. The number of nitrogen functional groups attached to an aromatic ring is 1. The Morgan fingerprint density at radius 2 is 1.80 bits per heavy atom. The Balaban J connectivity index is 1.37. The molecule has 13 heteroatoms. The van der Waals surface area contributed by atoms with Crippen LogP contribution in [0.5, 0.6) is 5.75 Å². The van der Waals surface area contributed by atoms with E-state index in [1.165, 1.54) is 13.2 Å². The summed E-state index contributed by atoms with van der Waals surface area (Å²) in [5, 5.41) is 12.8. The van der Waals surface area contributed by atoms with Gasteiger partial charge in [-0.1, -0.05) is 24.3 Å². The number of rotatable bonds is 7. The molecule has 3 heterocycles. The number of nitrogens with one attached hydrogen (secondary N) is 3. The average molecular weight is 552 g/mol. The first-order chi connectivity index (χ1) is 19.1. The van der Waals surface area contributed by atoms with Crippen LogP contribution < -0.4 is 21.1 Å². The van der Waals surface area contributed by atoms with Crippen LogP contribution in [0.3, 0.4) is 0 Å². The summed E-state index contributed by atoms with van der Waals surface area (Å²) in [5.74, 6) is -1.14. The van der Waals surface area contributed by atoms with Crippen LogP contribution in [0.25, 0.3) is 22.2 Å². The summed E-state index contributed by atoms with van der Waals surface area (Å²) in [5.41, 5.74) is 7.48. The number of aromatic amines is 1. The first-order valence-corrected chi connectivity index (χ1v) is 11.8. The molecule has 0 atom stereocenters. The third-order valence-corrected chi connectivity index (χ3v) is 6.06. The molecule has 40 heavy (non-hydrogen) atoms. The number of nitrogens with two attached hydrogens (primary N) is 1. The number of halogens is 4. The predicted octanol–water partition coefficient (Wildman–Crippen LogP) is 5.63. The fourth-order valence-corrected chi connectivity index (χ4v) is 3.97. The second-order valence-electron chi connectivity index (χ2n) is 8.70. The van der Waals surface area contributed by atoms with E-state index in [2.05, 4.69) is 30.8 Å². The van der Waals surface area contributed by atoms with Gasteiger partial charge >= 0.3 is 6.18 Å². The first-order valence-electron chi connectivity index (χ1n) is 11.8. The molecular formula is C27H21F4N7O2. The van der Waals surface area contributed by atoms with E-state index in [0.717, 1.165) is 28.8 Å². The van der Waals surface area contributed by atoms with Crippen molar-refractivity contribution in [3.05, 3.63) is 89.5 Å². The number of amides is 1. The molecule has 0 aliphatic heterocycles. The van der Waals surface area contributed by atoms with Gasteiger partial charge in [-0.25, -0.2) is 14.4 Å². The molecule has 5 rings (SSSR count). The van der Waals surface area contributed by atoms with Gasteiger partial charge in [-0.15, -0.1) is 0 Å². The SMILES string of the molecule is COc1cc(F)ccc1NC(=O)c1cc(C(F)(F)F)cnc1NCc1ccc(-c2cnc3n[nH]c(N)c3c2)cc1. The van der Waals surface area contributed by atoms with E-state index in [0.29, 0.717) is 29.1 Å². The number of alkyl halides is 3. The van der Waals surface area contributed by atoms with Gasteiger partial charge in [0.25, 0.3) is 5.91 Å². The van der Waals surface area contributed by atoms with Gasteiger partial charge < -0.3 is 21.1 Å². The fourth-order valence-electron chi connectivity index (χ4n) is 3.97. The summed E-state index contributed by atoms with van der Waals surface area (Å²) >= 11 is 0. The number of pyridine rings is 2. The van der Waals surface area contributed by atoms with Gasteiger partial charge in [0.15, 0.2) is 5.65 Å². The summed E-state index contributed by atoms with van der Waals surface area (Å²) in [6.07, 6.45) is -2.41. The van der Waals surface area contributed by atoms with Gasteiger partial charge in [-0.2, -0.15) is 18.3 Å². The molecule has 204 valence electrons. The summed E-state index contributed by atoms with van der Waals surface area (Å²) in [4.78, 5) is 21.2. The molecule has 0 spiro atoms. The maximum Gasteiger partial charge on any atom is 0.417 e. The molecule has 9 nitrogen and oxygen atoms in total. The van der Waals surface area contributed by atoms with E-state index < -0.39 is 23.5 Å². The van der Waals surface area contributed by atoms with E-state index in [1.807, 2.05) is 30.3 Å². The lowest BCUT2D eigenvalue weighted by Crippen LogP contribution is -2.18. The van der Waals surface area contributed by atoms with E-state index in [-0.39, 0.29) is 29.4 Å². The summed E-state index contributed by atoms with van der Waals surface area (Å²) in [6.45, 7) is 0.157. The van der Waals surface area contributed by atoms with Crippen molar-refractivity contribution >= 4 is 34.3 Å². The Morgan fingerprint density at radius 1 is 1.02 bits per heavy atom. The monoisotopic (exact) mass is 551 g/mol. The highest BCUT2D eigenvalue weighted by molar-refractivity contribution is 6.08. The van der Waals surface area contributed by atoms with Gasteiger partial charge in [0.2, 0.25) is 0 Å². The van der Waals surface area contributed by atoms with Crippen molar-refractivity contribution in [1.82, 2.24) is 20.2 Å². The Labute approximate surface area is 224 Å². The molecule has 1 amide bonds. The van der Waals surface area contributed by atoms with Crippen LogP contribution in [0.15, 0.2) is 67.0 Å². The molecule has 0 aliphatic rings. The highest BCUT2D eigenvalue weighted by Gasteiger charge is 2.32. The third-order valence-electron chi connectivity index (χ3n) is 6.06. The Kier molecular flexibility index (Phi) is 6.94. The number of benzene rings is 2. The molecule has 0 unspecified atom stereocenters. The number of nitrogens with zero attached hydrogens (tertiary/aromatic N) is 3. The van der Waals surface area contributed by atoms with Crippen LogP contribution >= 0.6 is 0 Å². The zero-order valence-corrected chi connectivity index (χ0v) is 20.8. The second kappa shape index (κ2) is 10.5. The second-order valence-corrected chi connectivity index (χ2v) is 8.70. The van der Waals surface area contributed by atoms with Crippen LogP contribution in [-0.4, -0.2) is 33.2 Å². The minimum absolute atomic E-state index is 0.00712. The predicted molar refractivity (Wildman–Crippen MR) is 141 cm³/mol. The number of carbonyl (C=O) groups excluding carboxylic acids is 1. The number of methoxy groups -OCH3 is 1. The Morgan fingerprint density at radius 3 is 2.52 bits per heavy atom. The number of carbonyl (C=O) groups is 1. The van der Waals surface area contributed by atoms with Gasteiger partial charge in [0.1, 0.15) is 23.2 Å². The van der Waals surface area contributed by atoms with Crippen molar-refractivity contribution in [2.24, 2.45) is 0 Å². The molecule has 5 N–H and O–H groups in total. The number of hydrogen-bond donors (Lipinski definition) is 4. The molecule has 0 aliphatic carbocycles. The van der Waals surface area contributed by atoms with Crippen LogP contribution in [0.4, 0.5) is 34.9 Å². The lowest BCUT2D eigenvalue weighted by Gasteiger charge is -2.15. The minimum atomic E-state index is -4.72. The molecule has 2 aromatic carbocycles. The van der Waals surface area contributed by atoms with Crippen molar-refractivity contribution in [2.75, 3.05) is 23.5 Å². The fraction of sp³-hybridized carbons (Fsp3) is 0.111. The molecule has 0 fully saturated rings. The van der Waals surface area contributed by atoms with Gasteiger partial charge in [-0.3, -0.25) is 9.89 Å². The minimum Gasteiger partial charge on any atom is -0.494 e. The van der Waals surface area contributed by atoms with Crippen molar-refractivity contribution in [3.8, 4) is 16.9 Å². The smallest absolute Gasteiger partial charge is 0.417 e. The molecule has 5 aromatic rings. The number of anilines is 3. The molecule has 0 saturated carbocycles. The lowest BCUT2D eigenvalue weighted by molar-refractivity contribution is -0.137. The topological polar surface area (TPSA) is 131 Å². The van der Waals surface area contributed by atoms with Crippen LogP contribution in [0, 0.1) is 5.82 Å². The number of fused-ring (bicyclic) bond motifs is 1. The highest BCUT2D eigenvalue weighted by Crippen LogP contribution is 2.32. The van der Waals surface area contributed by atoms with Crippen LogP contribution in [0.1, 0.15) is 21.5 Å². The van der Waals surface area contributed by atoms with Gasteiger partial charge in [0, 0.05) is 30.6 Å². The lowest BCUT2D eigenvalue weighted by atomic mass is 10.0. The van der Waals surface area contributed by atoms with Crippen LogP contribution in [0.2, 0.25) is 0 Å². The first kappa shape index (κ1) is 26.4. The Bertz CT molecular complexity index is 1700. The van der Waals surface area contributed by atoms with Gasteiger partial charge in [0.05, 0.1) is 29.3 Å². The number of ether oxygens (including phenoxy) is 1. The van der Waals surface area contributed by atoms with Crippen molar-refractivity contribution in [2.45, 2.75) is 12.7 Å². The Hall–Kier alpha value is -5.20. The highest BCUT2D eigenvalue weighted by atomic mass is 19.4. The zero-order chi connectivity index (χ0) is 28.4. The summed E-state index contributed by atoms with van der Waals surface area (Å²) in [6, 6.07) is 13.3. The largest absolute Gasteiger partial charge is 0.494 e. The molecular weight excluding hydrogens is 530 g/mol. The molecule has 3 aromatic heterocycles. The summed E-state index contributed by atoms with van der Waals surface area (Å²) in [7, 11) is 1.27. The molecule has 0 saturated heterocycles. The van der Waals surface area contributed by atoms with Crippen molar-refractivity contribution < 1.29 is 27.1 Å². The quantitative estimate of drug-likeness (QED) is 0.193. The number of hydrogen-bond acceptors (Lipinski definition) is 7. The van der Waals surface area contributed by atoms with E-state index in [1.54, 1.807) is 6.20 Å². The van der Waals surface area contributed by atoms with Gasteiger partial charge in [-0.05, 0) is 35.4 Å².